The summed E-state index contributed by atoms with van der Waals surface area (Å²) in [6.45, 7) is 7.06. The maximum Gasteiger partial charge on any atom is 0.413 e. The molecule has 0 aliphatic rings. The number of esters is 1. The number of nitrogens with one attached hydrogen (secondary N) is 1. The molecule has 0 aliphatic heterocycles. The zero-order valence-electron chi connectivity index (χ0n) is 13.7. The zero-order chi connectivity index (χ0) is 17.6. The lowest BCUT2D eigenvalue weighted by Gasteiger charge is -2.20. The lowest BCUT2D eigenvalue weighted by molar-refractivity contribution is -0.147. The van der Waals surface area contributed by atoms with E-state index in [2.05, 4.69) is 10.3 Å². The molecule has 23 heavy (non-hydrogen) atoms. The van der Waals surface area contributed by atoms with E-state index in [9.17, 15) is 14.7 Å². The van der Waals surface area contributed by atoms with Crippen LogP contribution in [-0.2, 0) is 14.3 Å². The lowest BCUT2D eigenvalue weighted by Crippen LogP contribution is -2.38. The number of rotatable bonds is 5. The van der Waals surface area contributed by atoms with Crippen LogP contribution in [0.25, 0.3) is 0 Å². The van der Waals surface area contributed by atoms with Crippen LogP contribution in [0.15, 0.2) is 18.3 Å². The number of anilines is 1. The Kier molecular flexibility index (Phi) is 6.47. The summed E-state index contributed by atoms with van der Waals surface area (Å²) in [4.78, 5) is 27.1. The van der Waals surface area contributed by atoms with Crippen molar-refractivity contribution < 1.29 is 24.2 Å². The first kappa shape index (κ1) is 18.9. The maximum atomic E-state index is 11.6. The molecule has 4 N–H and O–H groups in total. The van der Waals surface area contributed by atoms with Crippen molar-refractivity contribution >= 4 is 17.9 Å². The fourth-order valence-corrected chi connectivity index (χ4v) is 1.64. The quantitative estimate of drug-likeness (QED) is 0.698. The molecule has 0 saturated heterocycles. The van der Waals surface area contributed by atoms with Crippen LogP contribution in [-0.4, -0.2) is 40.4 Å². The van der Waals surface area contributed by atoms with Gasteiger partial charge in [-0.15, -0.1) is 0 Å². The highest BCUT2D eigenvalue weighted by Gasteiger charge is 2.25. The van der Waals surface area contributed by atoms with Crippen LogP contribution >= 0.6 is 0 Å². The van der Waals surface area contributed by atoms with E-state index in [-0.39, 0.29) is 12.4 Å². The first-order valence-electron chi connectivity index (χ1n) is 7.20. The molecule has 0 unspecified atom stereocenters. The van der Waals surface area contributed by atoms with E-state index in [4.69, 9.17) is 15.2 Å². The Morgan fingerprint density at radius 3 is 2.52 bits per heavy atom. The Bertz CT molecular complexity index is 539. The van der Waals surface area contributed by atoms with Crippen LogP contribution in [0, 0.1) is 0 Å². The summed E-state index contributed by atoms with van der Waals surface area (Å²) in [5.74, 6) is -0.448. The second-order valence-corrected chi connectivity index (χ2v) is 5.83. The van der Waals surface area contributed by atoms with Crippen molar-refractivity contribution in [2.24, 2.45) is 5.73 Å². The second-order valence-electron chi connectivity index (χ2n) is 5.83. The number of pyridine rings is 1. The van der Waals surface area contributed by atoms with E-state index in [1.165, 1.54) is 18.3 Å². The molecule has 2 atom stereocenters. The minimum atomic E-state index is -1.25. The zero-order valence-corrected chi connectivity index (χ0v) is 13.7. The summed E-state index contributed by atoms with van der Waals surface area (Å²) in [6, 6.07) is 1.77. The molecule has 8 heteroatoms. The fraction of sp³-hybridized carbons (Fsp3) is 0.533. The average Bonchev–Trinajstić information content (AvgIpc) is 2.44. The summed E-state index contributed by atoms with van der Waals surface area (Å²) in [6.07, 6.45) is -0.574. The number of aromatic nitrogens is 1. The highest BCUT2D eigenvalue weighted by atomic mass is 16.6. The molecule has 0 aromatic carbocycles. The van der Waals surface area contributed by atoms with Gasteiger partial charge in [0.05, 0.1) is 6.61 Å². The number of hydrogen-bond acceptors (Lipinski definition) is 7. The minimum Gasteiger partial charge on any atom is -0.465 e. The number of amides is 1. The molecule has 0 radical (unpaired) electrons. The van der Waals surface area contributed by atoms with E-state index < -0.39 is 29.8 Å². The van der Waals surface area contributed by atoms with Crippen molar-refractivity contribution in [2.45, 2.75) is 45.4 Å². The molecule has 0 saturated carbocycles. The molecule has 0 aliphatic carbocycles. The van der Waals surface area contributed by atoms with E-state index in [1.54, 1.807) is 27.7 Å². The van der Waals surface area contributed by atoms with E-state index in [0.717, 1.165) is 0 Å². The number of aliphatic hydroxyl groups is 1. The number of carbonyl (C=O) groups excluding carboxylic acids is 2. The summed E-state index contributed by atoms with van der Waals surface area (Å²) < 4.78 is 9.85. The van der Waals surface area contributed by atoms with Crippen LogP contribution in [0.5, 0.6) is 0 Å². The Hall–Kier alpha value is -2.19. The number of ether oxygens (including phenoxy) is 2. The summed E-state index contributed by atoms with van der Waals surface area (Å²) in [5, 5.41) is 12.5. The topological polar surface area (TPSA) is 124 Å². The van der Waals surface area contributed by atoms with Crippen molar-refractivity contribution in [3.63, 3.8) is 0 Å². The summed E-state index contributed by atoms with van der Waals surface area (Å²) in [7, 11) is 0. The Morgan fingerprint density at radius 2 is 2.04 bits per heavy atom. The summed E-state index contributed by atoms with van der Waals surface area (Å²) >= 11 is 0. The predicted octanol–water partition coefficient (Wildman–Crippen LogP) is 1.35. The molecule has 0 fully saturated rings. The normalized spacial score (nSPS) is 13.8. The van der Waals surface area contributed by atoms with Crippen molar-refractivity contribution in [1.29, 1.82) is 0 Å². The fourth-order valence-electron chi connectivity index (χ4n) is 1.64. The first-order chi connectivity index (χ1) is 10.6. The van der Waals surface area contributed by atoms with E-state index in [1.807, 2.05) is 0 Å². The van der Waals surface area contributed by atoms with Gasteiger partial charge in [-0.25, -0.2) is 9.78 Å². The van der Waals surface area contributed by atoms with Gasteiger partial charge >= 0.3 is 12.1 Å². The van der Waals surface area contributed by atoms with Gasteiger partial charge in [0.2, 0.25) is 0 Å². The molecule has 1 heterocycles. The molecule has 0 spiro atoms. The van der Waals surface area contributed by atoms with Crippen LogP contribution < -0.4 is 11.1 Å². The molecule has 0 bridgehead atoms. The van der Waals surface area contributed by atoms with E-state index in [0.29, 0.717) is 5.56 Å². The molecule has 1 aromatic rings. The maximum absolute atomic E-state index is 11.6. The largest absolute Gasteiger partial charge is 0.465 e. The molecule has 8 nitrogen and oxygen atoms in total. The average molecular weight is 325 g/mol. The number of nitrogens with zero attached hydrogens (tertiary/aromatic N) is 1. The van der Waals surface area contributed by atoms with Crippen molar-refractivity contribution in [2.75, 3.05) is 11.9 Å². The number of nitrogens with two attached hydrogens (primary N) is 1. The van der Waals surface area contributed by atoms with Gasteiger partial charge in [-0.05, 0) is 33.8 Å². The van der Waals surface area contributed by atoms with Gasteiger partial charge in [-0.1, -0.05) is 6.07 Å². The molecule has 128 valence electrons. The van der Waals surface area contributed by atoms with Crippen molar-refractivity contribution in [3.8, 4) is 0 Å². The van der Waals surface area contributed by atoms with Gasteiger partial charge in [0.15, 0.2) is 0 Å². The van der Waals surface area contributed by atoms with Crippen LogP contribution in [0.4, 0.5) is 10.6 Å². The third-order valence-corrected chi connectivity index (χ3v) is 2.66. The van der Waals surface area contributed by atoms with Crippen molar-refractivity contribution in [1.82, 2.24) is 4.98 Å². The Labute approximate surface area is 135 Å². The van der Waals surface area contributed by atoms with Gasteiger partial charge in [0.1, 0.15) is 23.6 Å². The Balaban J connectivity index is 2.69. The number of carbonyl (C=O) groups is 2. The van der Waals surface area contributed by atoms with Gasteiger partial charge in [-0.3, -0.25) is 10.1 Å². The highest BCUT2D eigenvalue weighted by molar-refractivity contribution is 5.83. The van der Waals surface area contributed by atoms with Gasteiger partial charge in [0.25, 0.3) is 0 Å². The number of aliphatic hydroxyl groups excluding tert-OH is 1. The molecular formula is C15H23N3O5. The third-order valence-electron chi connectivity index (χ3n) is 2.66. The molecular weight excluding hydrogens is 302 g/mol. The smallest absolute Gasteiger partial charge is 0.413 e. The third kappa shape index (κ3) is 6.21. The number of hydrogen-bond donors (Lipinski definition) is 3. The van der Waals surface area contributed by atoms with E-state index >= 15 is 0 Å². The van der Waals surface area contributed by atoms with Crippen LogP contribution in [0.2, 0.25) is 0 Å². The summed E-state index contributed by atoms with van der Waals surface area (Å²) in [5.41, 5.74) is 5.34. The van der Waals surface area contributed by atoms with Crippen LogP contribution in [0.1, 0.15) is 39.4 Å². The van der Waals surface area contributed by atoms with Gasteiger partial charge in [0, 0.05) is 11.8 Å². The standard InChI is InChI=1S/C15H23N3O5/c1-5-22-13(20)11(16)12(19)9-6-7-10(17-8-9)18-14(21)23-15(2,3)4/h6-8,11-12,19H,5,16H2,1-4H3,(H,17,18,21)/t11-,12-/m0/s1. The molecule has 1 amide bonds. The first-order valence-corrected chi connectivity index (χ1v) is 7.20. The van der Waals surface area contributed by atoms with Gasteiger partial charge < -0.3 is 20.3 Å². The predicted molar refractivity (Wildman–Crippen MR) is 83.7 cm³/mol. The van der Waals surface area contributed by atoms with Crippen LogP contribution in [0.3, 0.4) is 0 Å². The molecule has 1 aromatic heterocycles. The monoisotopic (exact) mass is 325 g/mol. The Morgan fingerprint density at radius 1 is 1.39 bits per heavy atom. The second kappa shape index (κ2) is 7.89. The SMILES string of the molecule is CCOC(=O)[C@@H](N)[C@@H](O)c1ccc(NC(=O)OC(C)(C)C)nc1. The van der Waals surface area contributed by atoms with Crippen molar-refractivity contribution in [3.05, 3.63) is 23.9 Å². The molecule has 1 rings (SSSR count). The minimum absolute atomic E-state index is 0.177. The van der Waals surface area contributed by atoms with Gasteiger partial charge in [-0.2, -0.15) is 0 Å². The highest BCUT2D eigenvalue weighted by Crippen LogP contribution is 2.18. The lowest BCUT2D eigenvalue weighted by atomic mass is 10.1.